The molecule has 1 aromatic heterocycles. The summed E-state index contributed by atoms with van der Waals surface area (Å²) in [6, 6.07) is 10.1. The molecule has 5 heteroatoms. The van der Waals surface area contributed by atoms with Gasteiger partial charge >= 0.3 is 0 Å². The number of rotatable bonds is 5. The second-order valence-electron chi connectivity index (χ2n) is 3.74. The molecule has 0 amide bonds. The van der Waals surface area contributed by atoms with Crippen molar-refractivity contribution in [1.82, 2.24) is 15.3 Å². The van der Waals surface area contributed by atoms with Crippen LogP contribution in [0.4, 0.5) is 11.5 Å². The minimum Gasteiger partial charge on any atom is -0.340 e. The molecule has 0 saturated carbocycles. The number of aromatic nitrogens is 2. The van der Waals surface area contributed by atoms with Crippen molar-refractivity contribution in [3.8, 4) is 0 Å². The fraction of sp³-hybridized carbons (Fsp3) is 0.231. The van der Waals surface area contributed by atoms with Crippen LogP contribution in [0.2, 0.25) is 0 Å². The zero-order valence-corrected chi connectivity index (χ0v) is 11.3. The molecule has 94 valence electrons. The van der Waals surface area contributed by atoms with Crippen LogP contribution in [0.3, 0.4) is 0 Å². The Morgan fingerprint density at radius 2 is 1.94 bits per heavy atom. The van der Waals surface area contributed by atoms with Crippen LogP contribution in [0.15, 0.2) is 41.4 Å². The van der Waals surface area contributed by atoms with Crippen LogP contribution in [-0.4, -0.2) is 23.3 Å². The molecular formula is C13H16N4S. The number of benzene rings is 1. The highest BCUT2D eigenvalue weighted by Gasteiger charge is 1.99. The molecular weight excluding hydrogens is 244 g/mol. The second-order valence-corrected chi connectivity index (χ2v) is 4.62. The standard InChI is InChI=1S/C13H16N4S/c1-14-9-13-15-8-7-12(17-13)16-10-3-5-11(18-2)6-4-10/h3-8,14H,9H2,1-2H3,(H,15,16,17). The third-order valence-corrected chi connectivity index (χ3v) is 3.15. The Morgan fingerprint density at radius 1 is 1.17 bits per heavy atom. The van der Waals surface area contributed by atoms with Crippen LogP contribution in [0.1, 0.15) is 5.82 Å². The Balaban J connectivity index is 2.09. The Labute approximate surface area is 111 Å². The summed E-state index contributed by atoms with van der Waals surface area (Å²) in [6.45, 7) is 0.668. The van der Waals surface area contributed by atoms with Gasteiger partial charge in [0.25, 0.3) is 0 Å². The molecule has 0 unspecified atom stereocenters. The first-order valence-corrected chi connectivity index (χ1v) is 6.92. The van der Waals surface area contributed by atoms with Crippen LogP contribution >= 0.6 is 11.8 Å². The first kappa shape index (κ1) is 12.9. The highest BCUT2D eigenvalue weighted by molar-refractivity contribution is 7.98. The normalized spacial score (nSPS) is 10.3. The zero-order chi connectivity index (χ0) is 12.8. The summed E-state index contributed by atoms with van der Waals surface area (Å²) in [5.41, 5.74) is 1.03. The van der Waals surface area contributed by atoms with Crippen molar-refractivity contribution in [2.45, 2.75) is 11.4 Å². The van der Waals surface area contributed by atoms with E-state index in [4.69, 9.17) is 0 Å². The van der Waals surface area contributed by atoms with Crippen molar-refractivity contribution in [2.75, 3.05) is 18.6 Å². The van der Waals surface area contributed by atoms with Gasteiger partial charge in [0.2, 0.25) is 0 Å². The van der Waals surface area contributed by atoms with Gasteiger partial charge in [0.1, 0.15) is 11.6 Å². The Kier molecular flexibility index (Phi) is 4.55. The number of anilines is 2. The Bertz CT molecular complexity index is 499. The van der Waals surface area contributed by atoms with Gasteiger partial charge in [0.05, 0.1) is 6.54 Å². The lowest BCUT2D eigenvalue weighted by atomic mass is 10.3. The fourth-order valence-electron chi connectivity index (χ4n) is 1.53. The lowest BCUT2D eigenvalue weighted by molar-refractivity contribution is 0.759. The van der Waals surface area contributed by atoms with E-state index in [0.29, 0.717) is 6.54 Å². The van der Waals surface area contributed by atoms with Gasteiger partial charge in [-0.05, 0) is 43.6 Å². The molecule has 4 nitrogen and oxygen atoms in total. The first-order valence-electron chi connectivity index (χ1n) is 5.69. The quantitative estimate of drug-likeness (QED) is 0.809. The van der Waals surface area contributed by atoms with E-state index in [1.807, 2.05) is 25.2 Å². The lowest BCUT2D eigenvalue weighted by Crippen LogP contribution is -2.09. The summed E-state index contributed by atoms with van der Waals surface area (Å²) >= 11 is 1.73. The predicted octanol–water partition coefficient (Wildman–Crippen LogP) is 2.66. The summed E-state index contributed by atoms with van der Waals surface area (Å²) in [5, 5.41) is 6.30. The molecule has 2 rings (SSSR count). The van der Waals surface area contributed by atoms with Crippen LogP contribution in [0.5, 0.6) is 0 Å². The molecule has 0 spiro atoms. The van der Waals surface area contributed by atoms with Gasteiger partial charge in [-0.2, -0.15) is 0 Å². The second kappa shape index (κ2) is 6.37. The van der Waals surface area contributed by atoms with Crippen LogP contribution < -0.4 is 10.6 Å². The van der Waals surface area contributed by atoms with E-state index in [0.717, 1.165) is 17.3 Å². The predicted molar refractivity (Wildman–Crippen MR) is 76.3 cm³/mol. The van der Waals surface area contributed by atoms with E-state index in [-0.39, 0.29) is 0 Å². The molecule has 0 bridgehead atoms. The van der Waals surface area contributed by atoms with Gasteiger partial charge in [-0.3, -0.25) is 0 Å². The van der Waals surface area contributed by atoms with E-state index < -0.39 is 0 Å². The molecule has 0 fully saturated rings. The Hall–Kier alpha value is -1.59. The van der Waals surface area contributed by atoms with Crippen LogP contribution in [0, 0.1) is 0 Å². The summed E-state index contributed by atoms with van der Waals surface area (Å²) in [6.07, 6.45) is 3.83. The van der Waals surface area contributed by atoms with E-state index in [1.54, 1.807) is 18.0 Å². The molecule has 0 aliphatic rings. The summed E-state index contributed by atoms with van der Waals surface area (Å²) in [7, 11) is 1.88. The molecule has 0 radical (unpaired) electrons. The van der Waals surface area contributed by atoms with Gasteiger partial charge in [-0.25, -0.2) is 9.97 Å². The van der Waals surface area contributed by atoms with Crippen LogP contribution in [-0.2, 0) is 6.54 Å². The summed E-state index contributed by atoms with van der Waals surface area (Å²) in [5.74, 6) is 1.59. The van der Waals surface area contributed by atoms with E-state index >= 15 is 0 Å². The van der Waals surface area contributed by atoms with Gasteiger partial charge in [0.15, 0.2) is 0 Å². The largest absolute Gasteiger partial charge is 0.340 e. The van der Waals surface area contributed by atoms with Crippen molar-refractivity contribution in [1.29, 1.82) is 0 Å². The van der Waals surface area contributed by atoms with Crippen molar-refractivity contribution in [3.05, 3.63) is 42.4 Å². The monoisotopic (exact) mass is 260 g/mol. The average Bonchev–Trinajstić information content (AvgIpc) is 2.40. The molecule has 2 aromatic rings. The SMILES string of the molecule is CNCc1nccc(Nc2ccc(SC)cc2)n1. The molecule has 18 heavy (non-hydrogen) atoms. The Morgan fingerprint density at radius 3 is 2.61 bits per heavy atom. The summed E-state index contributed by atoms with van der Waals surface area (Å²) in [4.78, 5) is 9.84. The summed E-state index contributed by atoms with van der Waals surface area (Å²) < 4.78 is 0. The van der Waals surface area contributed by atoms with E-state index in [2.05, 4.69) is 39.0 Å². The smallest absolute Gasteiger partial charge is 0.144 e. The average molecular weight is 260 g/mol. The third kappa shape index (κ3) is 3.45. The minimum atomic E-state index is 0.668. The number of thioether (sulfide) groups is 1. The molecule has 2 N–H and O–H groups in total. The molecule has 0 saturated heterocycles. The maximum atomic E-state index is 4.41. The molecule has 1 heterocycles. The number of nitrogens with zero attached hydrogens (tertiary/aromatic N) is 2. The zero-order valence-electron chi connectivity index (χ0n) is 10.5. The van der Waals surface area contributed by atoms with Crippen molar-refractivity contribution >= 4 is 23.3 Å². The van der Waals surface area contributed by atoms with Gasteiger partial charge in [0, 0.05) is 16.8 Å². The first-order chi connectivity index (χ1) is 8.81. The van der Waals surface area contributed by atoms with E-state index in [9.17, 15) is 0 Å². The van der Waals surface area contributed by atoms with Gasteiger partial charge in [-0.1, -0.05) is 0 Å². The number of hydrogen-bond acceptors (Lipinski definition) is 5. The maximum Gasteiger partial charge on any atom is 0.144 e. The minimum absolute atomic E-state index is 0.668. The van der Waals surface area contributed by atoms with E-state index in [1.165, 1.54) is 4.90 Å². The van der Waals surface area contributed by atoms with Crippen molar-refractivity contribution in [2.24, 2.45) is 0 Å². The molecule has 0 aliphatic heterocycles. The number of nitrogens with one attached hydrogen (secondary N) is 2. The lowest BCUT2D eigenvalue weighted by Gasteiger charge is -2.07. The third-order valence-electron chi connectivity index (χ3n) is 2.40. The molecule has 0 atom stereocenters. The molecule has 1 aromatic carbocycles. The number of hydrogen-bond donors (Lipinski definition) is 2. The highest BCUT2D eigenvalue weighted by atomic mass is 32.2. The highest BCUT2D eigenvalue weighted by Crippen LogP contribution is 2.19. The van der Waals surface area contributed by atoms with Gasteiger partial charge in [-0.15, -0.1) is 11.8 Å². The maximum absolute atomic E-state index is 4.41. The van der Waals surface area contributed by atoms with Crippen LogP contribution in [0.25, 0.3) is 0 Å². The van der Waals surface area contributed by atoms with Crippen molar-refractivity contribution < 1.29 is 0 Å². The molecule has 0 aliphatic carbocycles. The van der Waals surface area contributed by atoms with Crippen molar-refractivity contribution in [3.63, 3.8) is 0 Å². The fourth-order valence-corrected chi connectivity index (χ4v) is 1.94. The van der Waals surface area contributed by atoms with Gasteiger partial charge < -0.3 is 10.6 Å². The topological polar surface area (TPSA) is 49.8 Å².